The van der Waals surface area contributed by atoms with Crippen molar-refractivity contribution >= 4 is 17.9 Å². The van der Waals surface area contributed by atoms with Gasteiger partial charge in [0.2, 0.25) is 0 Å². The van der Waals surface area contributed by atoms with Crippen molar-refractivity contribution < 1.29 is 9.21 Å². The van der Waals surface area contributed by atoms with Crippen molar-refractivity contribution in [1.29, 1.82) is 5.26 Å². The van der Waals surface area contributed by atoms with Crippen LogP contribution in [0.1, 0.15) is 50.0 Å². The lowest BCUT2D eigenvalue weighted by molar-refractivity contribution is -0.117. The Labute approximate surface area is 160 Å². The number of hydrogen-bond acceptors (Lipinski definition) is 4. The van der Waals surface area contributed by atoms with Crippen LogP contribution in [0.2, 0.25) is 0 Å². The maximum Gasteiger partial charge on any atom is 0.262 e. The van der Waals surface area contributed by atoms with E-state index in [0.29, 0.717) is 5.76 Å². The standard InChI is InChI=1S/C22H25N3O2/c1-17(18-9-5-4-6-10-18)24-22(26)19(16-23)15-20-11-12-21(27-20)25-13-7-2-3-8-14-25/h4-6,9-12,15,17H,2-3,7-8,13-14H2,1H3,(H,24,26)/b19-15-/t17-/m0/s1. The molecule has 1 aliphatic heterocycles. The summed E-state index contributed by atoms with van der Waals surface area (Å²) in [5.41, 5.74) is 1.03. The third kappa shape index (κ3) is 5.01. The van der Waals surface area contributed by atoms with Crippen molar-refractivity contribution in [2.45, 2.75) is 38.6 Å². The number of nitriles is 1. The lowest BCUT2D eigenvalue weighted by Crippen LogP contribution is -2.27. The third-order valence-electron chi connectivity index (χ3n) is 4.83. The van der Waals surface area contributed by atoms with Crippen molar-refractivity contribution in [3.63, 3.8) is 0 Å². The van der Waals surface area contributed by atoms with Crippen molar-refractivity contribution in [3.8, 4) is 6.07 Å². The second kappa shape index (κ2) is 9.09. The van der Waals surface area contributed by atoms with E-state index in [1.807, 2.05) is 55.5 Å². The summed E-state index contributed by atoms with van der Waals surface area (Å²) in [6.07, 6.45) is 6.34. The summed E-state index contributed by atoms with van der Waals surface area (Å²) in [6, 6.07) is 15.2. The van der Waals surface area contributed by atoms with Crippen LogP contribution in [0.4, 0.5) is 5.88 Å². The number of carbonyl (C=O) groups is 1. The van der Waals surface area contributed by atoms with Crippen LogP contribution in [0, 0.1) is 11.3 Å². The van der Waals surface area contributed by atoms with E-state index >= 15 is 0 Å². The van der Waals surface area contributed by atoms with E-state index in [9.17, 15) is 10.1 Å². The predicted octanol–water partition coefficient (Wildman–Crippen LogP) is 4.44. The number of hydrogen-bond donors (Lipinski definition) is 1. The molecule has 2 heterocycles. The van der Waals surface area contributed by atoms with Crippen LogP contribution in [-0.4, -0.2) is 19.0 Å². The quantitative estimate of drug-likeness (QED) is 0.630. The van der Waals surface area contributed by atoms with Crippen LogP contribution in [-0.2, 0) is 4.79 Å². The number of nitrogens with one attached hydrogen (secondary N) is 1. The van der Waals surface area contributed by atoms with Crippen LogP contribution in [0.15, 0.2) is 52.5 Å². The molecule has 1 aliphatic rings. The highest BCUT2D eigenvalue weighted by Gasteiger charge is 2.16. The zero-order chi connectivity index (χ0) is 19.1. The van der Waals surface area contributed by atoms with Crippen LogP contribution < -0.4 is 10.2 Å². The van der Waals surface area contributed by atoms with Gasteiger partial charge in [-0.2, -0.15) is 5.26 Å². The molecule has 2 aromatic rings. The van der Waals surface area contributed by atoms with Gasteiger partial charge in [-0.25, -0.2) is 0 Å². The first-order valence-electron chi connectivity index (χ1n) is 9.50. The minimum absolute atomic E-state index is 0.0366. The molecule has 1 aromatic heterocycles. The summed E-state index contributed by atoms with van der Waals surface area (Å²) >= 11 is 0. The Morgan fingerprint density at radius 1 is 1.15 bits per heavy atom. The average Bonchev–Trinajstić information content (AvgIpc) is 2.99. The van der Waals surface area contributed by atoms with Gasteiger partial charge in [-0.15, -0.1) is 0 Å². The highest BCUT2D eigenvalue weighted by atomic mass is 16.4. The number of rotatable bonds is 5. The third-order valence-corrected chi connectivity index (χ3v) is 4.83. The molecule has 0 saturated carbocycles. The molecular weight excluding hydrogens is 338 g/mol. The Hall–Kier alpha value is -3.00. The highest BCUT2D eigenvalue weighted by molar-refractivity contribution is 6.01. The molecule has 27 heavy (non-hydrogen) atoms. The summed E-state index contributed by atoms with van der Waals surface area (Å²) in [5, 5.41) is 12.3. The van der Waals surface area contributed by atoms with Crippen LogP contribution in [0.3, 0.4) is 0 Å². The Balaban J connectivity index is 1.68. The SMILES string of the molecule is C[C@H](NC(=O)/C(C#N)=C\c1ccc(N2CCCCCC2)o1)c1ccccc1. The van der Waals surface area contributed by atoms with Crippen LogP contribution in [0.25, 0.3) is 6.08 Å². The van der Waals surface area contributed by atoms with Gasteiger partial charge in [0.25, 0.3) is 5.91 Å². The molecule has 5 heteroatoms. The second-order valence-corrected chi connectivity index (χ2v) is 6.85. The summed E-state index contributed by atoms with van der Waals surface area (Å²) in [7, 11) is 0. The molecular formula is C22H25N3O2. The summed E-state index contributed by atoms with van der Waals surface area (Å²) in [6.45, 7) is 3.86. The molecule has 1 N–H and O–H groups in total. The monoisotopic (exact) mass is 363 g/mol. The fraction of sp³-hybridized carbons (Fsp3) is 0.364. The second-order valence-electron chi connectivity index (χ2n) is 6.85. The molecule has 0 aliphatic carbocycles. The van der Waals surface area contributed by atoms with E-state index in [2.05, 4.69) is 10.2 Å². The lowest BCUT2D eigenvalue weighted by Gasteiger charge is -2.18. The number of benzene rings is 1. The fourth-order valence-electron chi connectivity index (χ4n) is 3.27. The minimum atomic E-state index is -0.401. The first-order chi connectivity index (χ1) is 13.2. The van der Waals surface area contributed by atoms with Gasteiger partial charge in [0.15, 0.2) is 5.88 Å². The maximum absolute atomic E-state index is 12.5. The number of carbonyl (C=O) groups excluding carboxylic acids is 1. The van der Waals surface area contributed by atoms with Gasteiger partial charge in [0, 0.05) is 25.2 Å². The van der Waals surface area contributed by atoms with Crippen LogP contribution >= 0.6 is 0 Å². The van der Waals surface area contributed by atoms with Gasteiger partial charge in [-0.3, -0.25) is 4.79 Å². The first kappa shape index (κ1) is 18.8. The largest absolute Gasteiger partial charge is 0.441 e. The van der Waals surface area contributed by atoms with Crippen LogP contribution in [0.5, 0.6) is 0 Å². The van der Waals surface area contributed by atoms with E-state index < -0.39 is 5.91 Å². The Morgan fingerprint density at radius 3 is 2.52 bits per heavy atom. The Bertz CT molecular complexity index is 825. The molecule has 1 fully saturated rings. The summed E-state index contributed by atoms with van der Waals surface area (Å²) in [4.78, 5) is 14.7. The molecule has 1 aromatic carbocycles. The maximum atomic E-state index is 12.5. The normalized spacial score (nSPS) is 16.3. The average molecular weight is 363 g/mol. The van der Waals surface area contributed by atoms with Crippen molar-refractivity contribution in [2.75, 3.05) is 18.0 Å². The Kier molecular flexibility index (Phi) is 6.32. The molecule has 1 saturated heterocycles. The zero-order valence-electron chi connectivity index (χ0n) is 15.6. The van der Waals surface area contributed by atoms with Crippen molar-refractivity contribution in [3.05, 3.63) is 59.4 Å². The topological polar surface area (TPSA) is 69.3 Å². The Morgan fingerprint density at radius 2 is 1.85 bits per heavy atom. The van der Waals surface area contributed by atoms with Gasteiger partial charge in [-0.1, -0.05) is 43.2 Å². The molecule has 140 valence electrons. The summed E-state index contributed by atoms with van der Waals surface area (Å²) < 4.78 is 5.87. The molecule has 0 unspecified atom stereocenters. The number of nitrogens with zero attached hydrogens (tertiary/aromatic N) is 2. The molecule has 5 nitrogen and oxygen atoms in total. The van der Waals surface area contributed by atoms with Gasteiger partial charge < -0.3 is 14.6 Å². The predicted molar refractivity (Wildman–Crippen MR) is 106 cm³/mol. The van der Waals surface area contributed by atoms with Gasteiger partial charge >= 0.3 is 0 Å². The van der Waals surface area contributed by atoms with Crippen molar-refractivity contribution in [1.82, 2.24) is 5.32 Å². The highest BCUT2D eigenvalue weighted by Crippen LogP contribution is 2.23. The van der Waals surface area contributed by atoms with E-state index in [1.165, 1.54) is 18.9 Å². The molecule has 0 bridgehead atoms. The molecule has 1 atom stereocenters. The first-order valence-corrected chi connectivity index (χ1v) is 9.50. The fourth-order valence-corrected chi connectivity index (χ4v) is 3.27. The van der Waals surface area contributed by atoms with E-state index in [1.54, 1.807) is 0 Å². The smallest absolute Gasteiger partial charge is 0.262 e. The van der Waals surface area contributed by atoms with E-state index in [0.717, 1.165) is 37.4 Å². The molecule has 1 amide bonds. The van der Waals surface area contributed by atoms with Gasteiger partial charge in [0.05, 0.1) is 6.04 Å². The van der Waals surface area contributed by atoms with E-state index in [4.69, 9.17) is 4.42 Å². The summed E-state index contributed by atoms with van der Waals surface area (Å²) in [5.74, 6) is 0.924. The lowest BCUT2D eigenvalue weighted by atomic mass is 10.1. The number of amides is 1. The van der Waals surface area contributed by atoms with Crippen molar-refractivity contribution in [2.24, 2.45) is 0 Å². The van der Waals surface area contributed by atoms with E-state index in [-0.39, 0.29) is 11.6 Å². The molecule has 3 rings (SSSR count). The molecule has 0 spiro atoms. The molecule has 0 radical (unpaired) electrons. The van der Waals surface area contributed by atoms with Gasteiger partial charge in [0.1, 0.15) is 17.4 Å². The number of furan rings is 1. The number of anilines is 1. The zero-order valence-corrected chi connectivity index (χ0v) is 15.6. The minimum Gasteiger partial charge on any atom is -0.441 e. The van der Waals surface area contributed by atoms with Gasteiger partial charge in [-0.05, 0) is 31.4 Å².